The van der Waals surface area contributed by atoms with Gasteiger partial charge >= 0.3 is 0 Å². The second-order valence-corrected chi connectivity index (χ2v) is 6.36. The lowest BCUT2D eigenvalue weighted by molar-refractivity contribution is -0.384. The molecule has 0 fully saturated rings. The van der Waals surface area contributed by atoms with Gasteiger partial charge in [0.1, 0.15) is 5.69 Å². The fourth-order valence-corrected chi connectivity index (χ4v) is 3.23. The molecule has 108 valence electrons. The number of benzene rings is 2. The lowest BCUT2D eigenvalue weighted by Gasteiger charge is -2.16. The molecular weight excluding hydrogens is 381 g/mol. The minimum atomic E-state index is -0.344. The maximum Gasteiger partial charge on any atom is 0.293 e. The number of halogens is 1. The third-order valence-corrected chi connectivity index (χ3v) is 4.40. The number of nitro benzene ring substituents is 1. The summed E-state index contributed by atoms with van der Waals surface area (Å²) in [5.41, 5.74) is 9.64. The third-order valence-electron chi connectivity index (χ3n) is 3.73. The summed E-state index contributed by atoms with van der Waals surface area (Å²) in [5.74, 6) is 0. The van der Waals surface area contributed by atoms with Crippen LogP contribution in [0.15, 0.2) is 36.4 Å². The average molecular weight is 395 g/mol. The van der Waals surface area contributed by atoms with Crippen LogP contribution in [-0.2, 0) is 6.42 Å². The van der Waals surface area contributed by atoms with Gasteiger partial charge in [-0.1, -0.05) is 6.07 Å². The van der Waals surface area contributed by atoms with Crippen LogP contribution in [-0.4, -0.2) is 4.92 Å². The molecule has 0 heterocycles. The lowest BCUT2D eigenvalue weighted by atomic mass is 10.1. The molecular formula is C15H14IN3O2. The summed E-state index contributed by atoms with van der Waals surface area (Å²) in [5, 5.41) is 14.5. The van der Waals surface area contributed by atoms with Crippen molar-refractivity contribution in [3.05, 3.63) is 61.2 Å². The molecule has 3 rings (SSSR count). The first-order valence-corrected chi connectivity index (χ1v) is 7.71. The van der Waals surface area contributed by atoms with E-state index in [1.807, 2.05) is 24.3 Å². The molecule has 1 unspecified atom stereocenters. The van der Waals surface area contributed by atoms with Crippen LogP contribution in [0.5, 0.6) is 0 Å². The lowest BCUT2D eigenvalue weighted by Crippen LogP contribution is -2.09. The Morgan fingerprint density at radius 2 is 2.10 bits per heavy atom. The van der Waals surface area contributed by atoms with Crippen LogP contribution in [0, 0.1) is 13.7 Å². The van der Waals surface area contributed by atoms with E-state index in [2.05, 4.69) is 27.9 Å². The summed E-state index contributed by atoms with van der Waals surface area (Å²) in [6.45, 7) is 0. The molecule has 0 radical (unpaired) electrons. The van der Waals surface area contributed by atoms with Crippen molar-refractivity contribution < 1.29 is 4.92 Å². The van der Waals surface area contributed by atoms with Crippen molar-refractivity contribution in [2.75, 3.05) is 11.1 Å². The molecule has 2 aromatic carbocycles. The second-order valence-electron chi connectivity index (χ2n) is 5.11. The van der Waals surface area contributed by atoms with E-state index in [4.69, 9.17) is 5.73 Å². The van der Waals surface area contributed by atoms with E-state index in [1.54, 1.807) is 12.1 Å². The molecule has 0 saturated carbocycles. The Labute approximate surface area is 135 Å². The van der Waals surface area contributed by atoms with Crippen LogP contribution >= 0.6 is 22.6 Å². The van der Waals surface area contributed by atoms with Crippen molar-refractivity contribution in [1.29, 1.82) is 0 Å². The van der Waals surface area contributed by atoms with Crippen molar-refractivity contribution in [2.45, 2.75) is 18.9 Å². The van der Waals surface area contributed by atoms with Gasteiger partial charge in [0.05, 0.1) is 11.0 Å². The standard InChI is InChI=1S/C15H14IN3O2/c16-10-2-6-14(15(8-10)19(20)21)18-13-5-1-9-7-11(17)3-4-12(9)13/h2-4,6-8,13,18H,1,5,17H2. The molecule has 6 heteroatoms. The molecule has 0 aliphatic heterocycles. The largest absolute Gasteiger partial charge is 0.399 e. The highest BCUT2D eigenvalue weighted by Crippen LogP contribution is 2.37. The predicted octanol–water partition coefficient (Wildman–Crippen LogP) is 3.88. The zero-order chi connectivity index (χ0) is 15.0. The fraction of sp³-hybridized carbons (Fsp3) is 0.200. The summed E-state index contributed by atoms with van der Waals surface area (Å²) >= 11 is 2.08. The van der Waals surface area contributed by atoms with E-state index in [0.717, 1.165) is 22.1 Å². The number of hydrogen-bond donors (Lipinski definition) is 2. The second kappa shape index (κ2) is 5.51. The molecule has 1 atom stereocenters. The zero-order valence-corrected chi connectivity index (χ0v) is 13.3. The van der Waals surface area contributed by atoms with Gasteiger partial charge in [0, 0.05) is 15.3 Å². The smallest absolute Gasteiger partial charge is 0.293 e. The molecule has 1 aliphatic rings. The topological polar surface area (TPSA) is 81.2 Å². The number of nitro groups is 1. The highest BCUT2D eigenvalue weighted by atomic mass is 127. The number of nitrogens with one attached hydrogen (secondary N) is 1. The number of aryl methyl sites for hydroxylation is 1. The van der Waals surface area contributed by atoms with E-state index in [-0.39, 0.29) is 16.7 Å². The van der Waals surface area contributed by atoms with Crippen LogP contribution in [0.2, 0.25) is 0 Å². The molecule has 0 amide bonds. The molecule has 1 aliphatic carbocycles. The van der Waals surface area contributed by atoms with Gasteiger partial charge in [-0.2, -0.15) is 0 Å². The SMILES string of the molecule is Nc1ccc2c(c1)CCC2Nc1ccc(I)cc1[N+](=O)[O-]. The van der Waals surface area contributed by atoms with Crippen molar-refractivity contribution in [3.8, 4) is 0 Å². The van der Waals surface area contributed by atoms with E-state index < -0.39 is 0 Å². The molecule has 2 aromatic rings. The minimum Gasteiger partial charge on any atom is -0.399 e. The molecule has 21 heavy (non-hydrogen) atoms. The van der Waals surface area contributed by atoms with Crippen LogP contribution in [0.3, 0.4) is 0 Å². The van der Waals surface area contributed by atoms with Gasteiger partial charge in [0.15, 0.2) is 0 Å². The Morgan fingerprint density at radius 1 is 1.29 bits per heavy atom. The molecule has 3 N–H and O–H groups in total. The van der Waals surface area contributed by atoms with Gasteiger partial charge in [-0.25, -0.2) is 0 Å². The third kappa shape index (κ3) is 2.80. The number of nitrogens with two attached hydrogens (primary N) is 1. The molecule has 0 spiro atoms. The van der Waals surface area contributed by atoms with Crippen LogP contribution in [0.25, 0.3) is 0 Å². The number of nitrogens with zero attached hydrogens (tertiary/aromatic N) is 1. The van der Waals surface area contributed by atoms with Crippen LogP contribution in [0.4, 0.5) is 17.1 Å². The maximum absolute atomic E-state index is 11.2. The van der Waals surface area contributed by atoms with Crippen LogP contribution < -0.4 is 11.1 Å². The summed E-state index contributed by atoms with van der Waals surface area (Å²) in [6.07, 6.45) is 1.86. The van der Waals surface area contributed by atoms with Gasteiger partial charge in [-0.05, 0) is 70.8 Å². The normalized spacial score (nSPS) is 16.5. The monoisotopic (exact) mass is 395 g/mol. The van der Waals surface area contributed by atoms with Gasteiger partial charge in [-0.3, -0.25) is 10.1 Å². The minimum absolute atomic E-state index is 0.0966. The number of anilines is 2. The summed E-state index contributed by atoms with van der Waals surface area (Å²) in [6, 6.07) is 11.2. The highest BCUT2D eigenvalue weighted by molar-refractivity contribution is 14.1. The van der Waals surface area contributed by atoms with Gasteiger partial charge < -0.3 is 11.1 Å². The first-order chi connectivity index (χ1) is 10.0. The summed E-state index contributed by atoms with van der Waals surface area (Å²) in [4.78, 5) is 10.8. The van der Waals surface area contributed by atoms with Crippen molar-refractivity contribution in [2.24, 2.45) is 0 Å². The first kappa shape index (κ1) is 14.1. The maximum atomic E-state index is 11.2. The fourth-order valence-electron chi connectivity index (χ4n) is 2.75. The van der Waals surface area contributed by atoms with Crippen molar-refractivity contribution >= 4 is 39.7 Å². The Bertz CT molecular complexity index is 718. The number of hydrogen-bond acceptors (Lipinski definition) is 4. The Hall–Kier alpha value is -1.83. The Morgan fingerprint density at radius 3 is 2.86 bits per heavy atom. The summed E-state index contributed by atoms with van der Waals surface area (Å²) < 4.78 is 0.851. The van der Waals surface area contributed by atoms with E-state index in [1.165, 1.54) is 11.1 Å². The number of fused-ring (bicyclic) bond motifs is 1. The van der Waals surface area contributed by atoms with Crippen LogP contribution in [0.1, 0.15) is 23.6 Å². The van der Waals surface area contributed by atoms with E-state index in [9.17, 15) is 10.1 Å². The van der Waals surface area contributed by atoms with E-state index in [0.29, 0.717) is 5.69 Å². The van der Waals surface area contributed by atoms with E-state index >= 15 is 0 Å². The quantitative estimate of drug-likeness (QED) is 0.358. The number of rotatable bonds is 3. The Kier molecular flexibility index (Phi) is 3.71. The van der Waals surface area contributed by atoms with Gasteiger partial charge in [0.2, 0.25) is 0 Å². The number of nitrogen functional groups attached to an aromatic ring is 1. The average Bonchev–Trinajstić information content (AvgIpc) is 2.82. The zero-order valence-electron chi connectivity index (χ0n) is 11.2. The predicted molar refractivity (Wildman–Crippen MR) is 91.4 cm³/mol. The van der Waals surface area contributed by atoms with Crippen molar-refractivity contribution in [1.82, 2.24) is 0 Å². The Balaban J connectivity index is 1.91. The summed E-state index contributed by atoms with van der Waals surface area (Å²) in [7, 11) is 0. The van der Waals surface area contributed by atoms with Gasteiger partial charge in [0.25, 0.3) is 5.69 Å². The molecule has 0 bridgehead atoms. The van der Waals surface area contributed by atoms with Crippen molar-refractivity contribution in [3.63, 3.8) is 0 Å². The van der Waals surface area contributed by atoms with Gasteiger partial charge in [-0.15, -0.1) is 0 Å². The first-order valence-electron chi connectivity index (χ1n) is 6.63. The highest BCUT2D eigenvalue weighted by Gasteiger charge is 2.25. The molecule has 5 nitrogen and oxygen atoms in total. The molecule has 0 aromatic heterocycles. The molecule has 0 saturated heterocycles.